The van der Waals surface area contributed by atoms with E-state index in [0.717, 1.165) is 5.92 Å². The zero-order valence-corrected chi connectivity index (χ0v) is 10.5. The van der Waals surface area contributed by atoms with Crippen LogP contribution in [0.5, 0.6) is 0 Å². The zero-order chi connectivity index (χ0) is 11.3. The first kappa shape index (κ1) is 10.1. The van der Waals surface area contributed by atoms with Crippen LogP contribution in [0.3, 0.4) is 0 Å². The van der Waals surface area contributed by atoms with Crippen LogP contribution in [0, 0.1) is 5.92 Å². The van der Waals surface area contributed by atoms with E-state index in [1.54, 1.807) is 5.57 Å². The Kier molecular flexibility index (Phi) is 2.04. The van der Waals surface area contributed by atoms with Crippen molar-refractivity contribution in [3.8, 4) is 0 Å². The van der Waals surface area contributed by atoms with Crippen LogP contribution in [0.1, 0.15) is 50.3 Å². The molecule has 0 atom stereocenters. The van der Waals surface area contributed by atoms with Gasteiger partial charge < -0.3 is 0 Å². The lowest BCUT2D eigenvalue weighted by Gasteiger charge is -2.19. The molecule has 0 bridgehead atoms. The quantitative estimate of drug-likeness (QED) is 0.650. The molecule has 0 heterocycles. The number of allylic oxidation sites excluding steroid dienone is 1. The molecule has 0 radical (unpaired) electrons. The van der Waals surface area contributed by atoms with Crippen molar-refractivity contribution in [1.29, 1.82) is 0 Å². The van der Waals surface area contributed by atoms with Gasteiger partial charge in [0.2, 0.25) is 0 Å². The van der Waals surface area contributed by atoms with E-state index in [1.165, 1.54) is 36.0 Å². The van der Waals surface area contributed by atoms with Crippen molar-refractivity contribution in [3.63, 3.8) is 0 Å². The van der Waals surface area contributed by atoms with Crippen LogP contribution in [0.25, 0.3) is 6.08 Å². The highest BCUT2D eigenvalue weighted by atomic mass is 14.3. The first-order chi connectivity index (χ1) is 7.54. The Hall–Kier alpha value is -1.04. The molecule has 1 fully saturated rings. The van der Waals surface area contributed by atoms with Crippen LogP contribution >= 0.6 is 0 Å². The molecule has 0 heteroatoms. The summed E-state index contributed by atoms with van der Waals surface area (Å²) in [7, 11) is 0. The molecular formula is C16H20. The number of hydrogen-bond donors (Lipinski definition) is 0. The molecular weight excluding hydrogens is 192 g/mol. The van der Waals surface area contributed by atoms with Gasteiger partial charge in [0.1, 0.15) is 0 Å². The molecule has 2 aliphatic rings. The van der Waals surface area contributed by atoms with Gasteiger partial charge in [-0.15, -0.1) is 0 Å². The second-order valence-electron chi connectivity index (χ2n) is 6.33. The minimum atomic E-state index is 0.269. The maximum Gasteiger partial charge on any atom is -0.00550 e. The lowest BCUT2D eigenvalue weighted by atomic mass is 9.85. The van der Waals surface area contributed by atoms with Gasteiger partial charge >= 0.3 is 0 Å². The highest BCUT2D eigenvalue weighted by Crippen LogP contribution is 2.43. The van der Waals surface area contributed by atoms with Crippen molar-refractivity contribution in [2.45, 2.75) is 45.4 Å². The van der Waals surface area contributed by atoms with Crippen molar-refractivity contribution in [2.75, 3.05) is 0 Å². The Morgan fingerprint density at radius 1 is 1.12 bits per heavy atom. The molecule has 84 valence electrons. The van der Waals surface area contributed by atoms with Gasteiger partial charge in [-0.05, 0) is 47.3 Å². The van der Waals surface area contributed by atoms with Gasteiger partial charge in [-0.2, -0.15) is 0 Å². The highest BCUT2D eigenvalue weighted by Gasteiger charge is 2.29. The lowest BCUT2D eigenvalue weighted by Crippen LogP contribution is -2.11. The molecule has 0 spiro atoms. The SMILES string of the molecule is CC(C)(C)c1ccc2c(c1)C=C(C1CC1)C2. The summed E-state index contributed by atoms with van der Waals surface area (Å²) in [6.45, 7) is 6.86. The Bertz CT molecular complexity index is 453. The molecule has 0 amide bonds. The van der Waals surface area contributed by atoms with Crippen LogP contribution in [-0.4, -0.2) is 0 Å². The van der Waals surface area contributed by atoms with E-state index in [2.05, 4.69) is 45.0 Å². The number of fused-ring (bicyclic) bond motifs is 1. The smallest absolute Gasteiger partial charge is 0.00550 e. The Balaban J connectivity index is 1.96. The monoisotopic (exact) mass is 212 g/mol. The molecule has 2 aliphatic carbocycles. The second kappa shape index (κ2) is 3.23. The van der Waals surface area contributed by atoms with Crippen molar-refractivity contribution in [3.05, 3.63) is 40.5 Å². The normalized spacial score (nSPS) is 19.6. The molecule has 0 nitrogen and oxygen atoms in total. The molecule has 1 saturated carbocycles. The Labute approximate surface area is 98.4 Å². The average molecular weight is 212 g/mol. The third-order valence-electron chi connectivity index (χ3n) is 3.85. The van der Waals surface area contributed by atoms with Crippen molar-refractivity contribution < 1.29 is 0 Å². The third kappa shape index (κ3) is 1.71. The van der Waals surface area contributed by atoms with Gasteiger partial charge in [0.15, 0.2) is 0 Å². The van der Waals surface area contributed by atoms with Crippen molar-refractivity contribution in [2.24, 2.45) is 5.92 Å². The summed E-state index contributed by atoms with van der Waals surface area (Å²) in [5, 5.41) is 0. The summed E-state index contributed by atoms with van der Waals surface area (Å²) in [5.41, 5.74) is 6.43. The molecule has 1 aromatic carbocycles. The van der Waals surface area contributed by atoms with Gasteiger partial charge in [-0.3, -0.25) is 0 Å². The molecule has 0 N–H and O–H groups in total. The minimum Gasteiger partial charge on any atom is -0.0621 e. The average Bonchev–Trinajstić information content (AvgIpc) is 2.96. The highest BCUT2D eigenvalue weighted by molar-refractivity contribution is 5.65. The van der Waals surface area contributed by atoms with Gasteiger partial charge in [0, 0.05) is 0 Å². The standard InChI is InChI=1S/C16H20/c1-16(2,3)15-7-6-12-8-13(11-4-5-11)9-14(12)10-15/h6-7,9-11H,4-5,8H2,1-3H3. The van der Waals surface area contributed by atoms with Crippen molar-refractivity contribution in [1.82, 2.24) is 0 Å². The van der Waals surface area contributed by atoms with Crippen molar-refractivity contribution >= 4 is 6.08 Å². The molecule has 0 saturated heterocycles. The fraction of sp³-hybridized carbons (Fsp3) is 0.500. The van der Waals surface area contributed by atoms with Gasteiger partial charge in [0.05, 0.1) is 0 Å². The van der Waals surface area contributed by atoms with E-state index < -0.39 is 0 Å². The van der Waals surface area contributed by atoms with Crippen LogP contribution in [0.2, 0.25) is 0 Å². The van der Waals surface area contributed by atoms with E-state index in [1.807, 2.05) is 0 Å². The molecule has 16 heavy (non-hydrogen) atoms. The fourth-order valence-electron chi connectivity index (χ4n) is 2.54. The van der Waals surface area contributed by atoms with E-state index >= 15 is 0 Å². The number of benzene rings is 1. The van der Waals surface area contributed by atoms with Gasteiger partial charge in [-0.1, -0.05) is 50.6 Å². The molecule has 1 aromatic rings. The van der Waals surface area contributed by atoms with Crippen LogP contribution < -0.4 is 0 Å². The van der Waals surface area contributed by atoms with E-state index in [0.29, 0.717) is 0 Å². The van der Waals surface area contributed by atoms with Crippen LogP contribution in [-0.2, 0) is 11.8 Å². The fourth-order valence-corrected chi connectivity index (χ4v) is 2.54. The second-order valence-corrected chi connectivity index (χ2v) is 6.33. The first-order valence-electron chi connectivity index (χ1n) is 6.38. The maximum atomic E-state index is 2.45. The zero-order valence-electron chi connectivity index (χ0n) is 10.5. The summed E-state index contributed by atoms with van der Waals surface area (Å²) < 4.78 is 0. The van der Waals surface area contributed by atoms with E-state index in [9.17, 15) is 0 Å². The summed E-state index contributed by atoms with van der Waals surface area (Å²) in [5.74, 6) is 0.922. The summed E-state index contributed by atoms with van der Waals surface area (Å²) in [6.07, 6.45) is 6.50. The van der Waals surface area contributed by atoms with Crippen LogP contribution in [0.4, 0.5) is 0 Å². The summed E-state index contributed by atoms with van der Waals surface area (Å²) in [6, 6.07) is 7.04. The predicted molar refractivity (Wildman–Crippen MR) is 69.5 cm³/mol. The lowest BCUT2D eigenvalue weighted by molar-refractivity contribution is 0.590. The summed E-state index contributed by atoms with van der Waals surface area (Å²) in [4.78, 5) is 0. The Morgan fingerprint density at radius 2 is 1.88 bits per heavy atom. The topological polar surface area (TPSA) is 0 Å². The molecule has 0 aromatic heterocycles. The van der Waals surface area contributed by atoms with Crippen LogP contribution in [0.15, 0.2) is 23.8 Å². The van der Waals surface area contributed by atoms with E-state index in [4.69, 9.17) is 0 Å². The maximum absolute atomic E-state index is 2.45. The molecule has 0 unspecified atom stereocenters. The molecule has 3 rings (SSSR count). The number of rotatable bonds is 1. The van der Waals surface area contributed by atoms with Gasteiger partial charge in [-0.25, -0.2) is 0 Å². The van der Waals surface area contributed by atoms with E-state index in [-0.39, 0.29) is 5.41 Å². The Morgan fingerprint density at radius 3 is 2.50 bits per heavy atom. The first-order valence-corrected chi connectivity index (χ1v) is 6.38. The number of hydrogen-bond acceptors (Lipinski definition) is 0. The predicted octanol–water partition coefficient (Wildman–Crippen LogP) is 4.33. The largest absolute Gasteiger partial charge is 0.0621 e. The summed E-state index contributed by atoms with van der Waals surface area (Å²) >= 11 is 0. The minimum absolute atomic E-state index is 0.269. The van der Waals surface area contributed by atoms with Gasteiger partial charge in [0.25, 0.3) is 0 Å². The third-order valence-corrected chi connectivity index (χ3v) is 3.85. The molecule has 0 aliphatic heterocycles.